The maximum Gasteiger partial charge on any atom is 0.365 e. The van der Waals surface area contributed by atoms with E-state index in [1.165, 1.54) is 0 Å². The Morgan fingerprint density at radius 3 is 1.97 bits per heavy atom. The fourth-order valence-electron chi connectivity index (χ4n) is 3.84. The van der Waals surface area contributed by atoms with Gasteiger partial charge in [-0.3, -0.25) is 4.79 Å². The summed E-state index contributed by atoms with van der Waals surface area (Å²) in [6.07, 6.45) is 5.03. The minimum atomic E-state index is -0.554. The van der Waals surface area contributed by atoms with Crippen LogP contribution in [0.2, 0.25) is 0 Å². The molecule has 1 aliphatic rings. The van der Waals surface area contributed by atoms with E-state index in [4.69, 9.17) is 4.84 Å². The molecule has 3 aromatic carbocycles. The SMILES string of the molecule is O=C(O/N=C(\C(=O)c1ccc(Sc2ccccc2)cc1)C1CCCCC1)c1ccccc1. The molecule has 32 heavy (non-hydrogen) atoms. The van der Waals surface area contributed by atoms with Crippen LogP contribution in [0.25, 0.3) is 0 Å². The third kappa shape index (κ3) is 5.74. The minimum absolute atomic E-state index is 0.0122. The third-order valence-electron chi connectivity index (χ3n) is 5.56. The summed E-state index contributed by atoms with van der Waals surface area (Å²) < 4.78 is 0. The first-order chi connectivity index (χ1) is 15.7. The van der Waals surface area contributed by atoms with Crippen LogP contribution >= 0.6 is 11.8 Å². The van der Waals surface area contributed by atoms with Gasteiger partial charge in [-0.05, 0) is 61.4 Å². The number of hydrogen-bond acceptors (Lipinski definition) is 5. The molecule has 1 aliphatic carbocycles. The molecule has 0 aromatic heterocycles. The first kappa shape index (κ1) is 22.0. The van der Waals surface area contributed by atoms with Gasteiger partial charge >= 0.3 is 5.97 Å². The van der Waals surface area contributed by atoms with Crippen molar-refractivity contribution >= 4 is 29.2 Å². The van der Waals surface area contributed by atoms with Crippen molar-refractivity contribution < 1.29 is 14.4 Å². The van der Waals surface area contributed by atoms with Gasteiger partial charge in [-0.15, -0.1) is 0 Å². The number of rotatable bonds is 7. The summed E-state index contributed by atoms with van der Waals surface area (Å²) in [5.41, 5.74) is 1.31. The topological polar surface area (TPSA) is 55.7 Å². The second-order valence-electron chi connectivity index (χ2n) is 7.82. The van der Waals surface area contributed by atoms with Crippen molar-refractivity contribution in [3.05, 3.63) is 96.1 Å². The number of carbonyl (C=O) groups is 2. The summed E-state index contributed by atoms with van der Waals surface area (Å²) in [7, 11) is 0. The Labute approximate surface area is 192 Å². The van der Waals surface area contributed by atoms with Crippen LogP contribution in [-0.4, -0.2) is 17.5 Å². The zero-order valence-electron chi connectivity index (χ0n) is 17.8. The molecule has 0 N–H and O–H groups in total. The summed E-state index contributed by atoms with van der Waals surface area (Å²) in [6.45, 7) is 0. The molecule has 3 aromatic rings. The summed E-state index contributed by atoms with van der Waals surface area (Å²) in [5.74, 6) is -0.714. The van der Waals surface area contributed by atoms with Crippen molar-refractivity contribution in [2.24, 2.45) is 11.1 Å². The van der Waals surface area contributed by atoms with E-state index >= 15 is 0 Å². The Morgan fingerprint density at radius 2 is 1.31 bits per heavy atom. The molecule has 1 saturated carbocycles. The minimum Gasteiger partial charge on any atom is -0.312 e. The van der Waals surface area contributed by atoms with Gasteiger partial charge in [0.15, 0.2) is 0 Å². The Morgan fingerprint density at radius 1 is 0.719 bits per heavy atom. The summed E-state index contributed by atoms with van der Waals surface area (Å²) in [5, 5.41) is 4.10. The van der Waals surface area contributed by atoms with E-state index in [-0.39, 0.29) is 11.7 Å². The lowest BCUT2D eigenvalue weighted by Gasteiger charge is -2.22. The molecule has 5 heteroatoms. The Balaban J connectivity index is 1.52. The van der Waals surface area contributed by atoms with E-state index in [0.29, 0.717) is 16.8 Å². The van der Waals surface area contributed by atoms with Gasteiger partial charge in [0.05, 0.1) is 5.56 Å². The van der Waals surface area contributed by atoms with E-state index in [9.17, 15) is 9.59 Å². The molecule has 0 spiro atoms. The normalized spacial score (nSPS) is 14.7. The molecule has 4 rings (SSSR count). The zero-order valence-corrected chi connectivity index (χ0v) is 18.6. The molecule has 0 unspecified atom stereocenters. The summed E-state index contributed by atoms with van der Waals surface area (Å²) in [4.78, 5) is 33.1. The first-order valence-corrected chi connectivity index (χ1v) is 11.7. The average molecular weight is 444 g/mol. The highest BCUT2D eigenvalue weighted by molar-refractivity contribution is 7.99. The number of benzene rings is 3. The molecular formula is C27H25NO3S. The van der Waals surface area contributed by atoms with Crippen molar-refractivity contribution in [3.63, 3.8) is 0 Å². The molecule has 0 aliphatic heterocycles. The van der Waals surface area contributed by atoms with Gasteiger partial charge in [0.1, 0.15) is 5.71 Å². The van der Waals surface area contributed by atoms with E-state index in [1.54, 1.807) is 36.0 Å². The average Bonchev–Trinajstić information content (AvgIpc) is 2.86. The van der Waals surface area contributed by atoms with Crippen molar-refractivity contribution in [2.45, 2.75) is 41.9 Å². The van der Waals surface area contributed by atoms with Crippen LogP contribution in [0, 0.1) is 5.92 Å². The smallest absolute Gasteiger partial charge is 0.312 e. The van der Waals surface area contributed by atoms with Crippen LogP contribution in [0.15, 0.2) is 99.9 Å². The van der Waals surface area contributed by atoms with E-state index < -0.39 is 5.97 Å². The molecule has 0 atom stereocenters. The quantitative estimate of drug-likeness (QED) is 0.174. The van der Waals surface area contributed by atoms with Crippen LogP contribution < -0.4 is 0 Å². The molecule has 1 fully saturated rings. The maximum atomic E-state index is 13.3. The van der Waals surface area contributed by atoms with Gasteiger partial charge in [0.2, 0.25) is 5.78 Å². The standard InChI is InChI=1S/C27H25NO3S/c29-26(21-16-18-24(19-17-21)32-23-14-8-3-9-15-23)25(20-10-4-1-5-11-20)28-31-27(30)22-12-6-2-7-13-22/h2-3,6-9,12-20H,1,4-5,10-11H2/b28-25-. The highest BCUT2D eigenvalue weighted by Crippen LogP contribution is 2.29. The third-order valence-corrected chi connectivity index (χ3v) is 6.57. The fraction of sp³-hybridized carbons (Fsp3) is 0.222. The number of oxime groups is 1. The summed E-state index contributed by atoms with van der Waals surface area (Å²) >= 11 is 1.65. The van der Waals surface area contributed by atoms with Gasteiger partial charge < -0.3 is 4.84 Å². The second-order valence-corrected chi connectivity index (χ2v) is 8.97. The van der Waals surface area contributed by atoms with E-state index in [0.717, 1.165) is 41.9 Å². The highest BCUT2D eigenvalue weighted by Gasteiger charge is 2.27. The highest BCUT2D eigenvalue weighted by atomic mass is 32.2. The molecule has 0 radical (unpaired) electrons. The largest absolute Gasteiger partial charge is 0.365 e. The molecule has 0 bridgehead atoms. The van der Waals surface area contributed by atoms with Gasteiger partial charge in [0.25, 0.3) is 0 Å². The van der Waals surface area contributed by atoms with Gasteiger partial charge in [-0.25, -0.2) is 4.79 Å². The van der Waals surface area contributed by atoms with Gasteiger partial charge in [-0.1, -0.05) is 72.6 Å². The zero-order chi connectivity index (χ0) is 22.2. The number of hydrogen-bond donors (Lipinski definition) is 0. The van der Waals surface area contributed by atoms with Crippen molar-refractivity contribution in [3.8, 4) is 0 Å². The van der Waals surface area contributed by atoms with Crippen LogP contribution in [0.3, 0.4) is 0 Å². The van der Waals surface area contributed by atoms with Crippen molar-refractivity contribution in [1.82, 2.24) is 0 Å². The van der Waals surface area contributed by atoms with Gasteiger partial charge in [0, 0.05) is 21.3 Å². The predicted octanol–water partition coefficient (Wildman–Crippen LogP) is 6.81. The molecule has 162 valence electrons. The van der Waals surface area contributed by atoms with E-state index in [2.05, 4.69) is 17.3 Å². The van der Waals surface area contributed by atoms with Crippen molar-refractivity contribution in [1.29, 1.82) is 0 Å². The van der Waals surface area contributed by atoms with Crippen molar-refractivity contribution in [2.75, 3.05) is 0 Å². The number of nitrogens with zero attached hydrogens (tertiary/aromatic N) is 1. The monoisotopic (exact) mass is 443 g/mol. The summed E-state index contributed by atoms with van der Waals surface area (Å²) in [6, 6.07) is 26.3. The van der Waals surface area contributed by atoms with Crippen LogP contribution in [0.4, 0.5) is 0 Å². The fourth-order valence-corrected chi connectivity index (χ4v) is 4.68. The molecule has 0 amide bonds. The number of ketones is 1. The second kappa shape index (κ2) is 10.9. The molecule has 0 heterocycles. The lowest BCUT2D eigenvalue weighted by Crippen LogP contribution is -2.27. The van der Waals surface area contributed by atoms with Crippen LogP contribution in [0.1, 0.15) is 52.8 Å². The molecular weight excluding hydrogens is 418 g/mol. The Hall–Kier alpha value is -3.18. The van der Waals surface area contributed by atoms with Crippen LogP contribution in [-0.2, 0) is 4.84 Å². The Bertz CT molecular complexity index is 1070. The number of carbonyl (C=O) groups excluding carboxylic acids is 2. The lowest BCUT2D eigenvalue weighted by molar-refractivity contribution is 0.0512. The lowest BCUT2D eigenvalue weighted by atomic mass is 9.83. The molecule has 0 saturated heterocycles. The maximum absolute atomic E-state index is 13.3. The number of Topliss-reactive ketones (excluding diaryl/α,β-unsaturated/α-hetero) is 1. The van der Waals surface area contributed by atoms with Gasteiger partial charge in [-0.2, -0.15) is 0 Å². The predicted molar refractivity (Wildman–Crippen MR) is 127 cm³/mol. The molecule has 4 nitrogen and oxygen atoms in total. The van der Waals surface area contributed by atoms with E-state index in [1.807, 2.05) is 48.5 Å². The first-order valence-electron chi connectivity index (χ1n) is 10.9. The Kier molecular flexibility index (Phi) is 7.51. The van der Waals surface area contributed by atoms with Crippen LogP contribution in [0.5, 0.6) is 0 Å².